The Hall–Kier alpha value is -0.750. The minimum Gasteiger partial charge on any atom is -0.481 e. The van der Waals surface area contributed by atoms with Gasteiger partial charge in [-0.15, -0.1) is 11.8 Å². The maximum absolute atomic E-state index is 10.1. The fourth-order valence-electron chi connectivity index (χ4n) is 0.344. The summed E-state index contributed by atoms with van der Waals surface area (Å²) in [5.41, 5.74) is 5.09. The first-order valence-corrected chi connectivity index (χ1v) is 4.97. The van der Waals surface area contributed by atoms with Crippen LogP contribution in [0.15, 0.2) is 0 Å². The largest absolute Gasteiger partial charge is 0.481 e. The highest BCUT2D eigenvalue weighted by molar-refractivity contribution is 8.00. The molecule has 4 N–H and O–H groups in total. The van der Waals surface area contributed by atoms with Gasteiger partial charge in [0.1, 0.15) is 6.04 Å². The van der Waals surface area contributed by atoms with Gasteiger partial charge in [-0.2, -0.15) is 0 Å². The van der Waals surface area contributed by atoms with E-state index in [1.165, 1.54) is 0 Å². The van der Waals surface area contributed by atoms with Crippen molar-refractivity contribution in [2.45, 2.75) is 19.9 Å². The zero-order chi connectivity index (χ0) is 10.9. The highest BCUT2D eigenvalue weighted by Crippen LogP contribution is 2.00. The van der Waals surface area contributed by atoms with Crippen LogP contribution in [0.2, 0.25) is 0 Å². The minimum atomic E-state index is -1.11. The molecule has 78 valence electrons. The Morgan fingerprint density at radius 2 is 1.85 bits per heavy atom. The first kappa shape index (κ1) is 14.8. The van der Waals surface area contributed by atoms with Gasteiger partial charge in [-0.3, -0.25) is 9.59 Å². The summed E-state index contributed by atoms with van der Waals surface area (Å²) in [6, 6.07) is -0.973. The van der Waals surface area contributed by atoms with Crippen LogP contribution in [-0.2, 0) is 9.59 Å². The monoisotopic (exact) mass is 209 g/mol. The van der Waals surface area contributed by atoms with Gasteiger partial charge in [-0.25, -0.2) is 0 Å². The molecule has 0 saturated carbocycles. The highest BCUT2D eigenvalue weighted by Gasteiger charge is 2.11. The molecule has 0 aliphatic heterocycles. The van der Waals surface area contributed by atoms with E-state index in [9.17, 15) is 9.59 Å². The molecule has 13 heavy (non-hydrogen) atoms. The zero-order valence-electron chi connectivity index (χ0n) is 7.69. The van der Waals surface area contributed by atoms with Crippen molar-refractivity contribution in [2.24, 2.45) is 5.73 Å². The number of carbonyl (C=O) groups is 2. The summed E-state index contributed by atoms with van der Waals surface area (Å²) in [4.78, 5) is 20.0. The molecular weight excluding hydrogens is 194 g/mol. The topological polar surface area (TPSA) is 101 Å². The van der Waals surface area contributed by atoms with Crippen LogP contribution in [-0.4, -0.2) is 39.7 Å². The molecule has 0 bridgehead atoms. The lowest BCUT2D eigenvalue weighted by atomic mass is 10.4. The molecule has 0 amide bonds. The van der Waals surface area contributed by atoms with Gasteiger partial charge in [-0.05, 0) is 0 Å². The van der Waals surface area contributed by atoms with Gasteiger partial charge in [0.2, 0.25) is 0 Å². The van der Waals surface area contributed by atoms with Crippen molar-refractivity contribution < 1.29 is 19.8 Å². The number of carboxylic acid groups (broad SMARTS) is 2. The molecule has 1 atom stereocenters. The third kappa shape index (κ3) is 11.2. The minimum absolute atomic E-state index is 0.110. The smallest absolute Gasteiger partial charge is 0.321 e. The lowest BCUT2D eigenvalue weighted by Gasteiger charge is -2.02. The molecule has 6 heteroatoms. The molecule has 0 fully saturated rings. The van der Waals surface area contributed by atoms with E-state index < -0.39 is 18.0 Å². The number of hydrogen-bond acceptors (Lipinski definition) is 4. The number of nitrogens with two attached hydrogens (primary N) is 1. The second-order valence-electron chi connectivity index (χ2n) is 1.85. The van der Waals surface area contributed by atoms with Crippen molar-refractivity contribution in [1.82, 2.24) is 0 Å². The Bertz CT molecular complexity index is 163. The van der Waals surface area contributed by atoms with Gasteiger partial charge in [-0.1, -0.05) is 13.8 Å². The number of rotatable bonds is 5. The van der Waals surface area contributed by atoms with Crippen LogP contribution >= 0.6 is 11.8 Å². The Morgan fingerprint density at radius 3 is 2.15 bits per heavy atom. The van der Waals surface area contributed by atoms with Crippen molar-refractivity contribution in [3.05, 3.63) is 0 Å². The second kappa shape index (κ2) is 9.34. The average molecular weight is 209 g/mol. The van der Waals surface area contributed by atoms with Crippen molar-refractivity contribution in [2.75, 3.05) is 11.5 Å². The number of aliphatic carboxylic acids is 2. The fourth-order valence-corrected chi connectivity index (χ4v) is 1.03. The Morgan fingerprint density at radius 1 is 1.38 bits per heavy atom. The lowest BCUT2D eigenvalue weighted by Crippen LogP contribution is -2.32. The van der Waals surface area contributed by atoms with E-state index in [0.717, 1.165) is 11.8 Å². The van der Waals surface area contributed by atoms with E-state index in [4.69, 9.17) is 15.9 Å². The van der Waals surface area contributed by atoms with Crippen LogP contribution in [0.5, 0.6) is 0 Å². The van der Waals surface area contributed by atoms with E-state index in [1.807, 2.05) is 13.8 Å². The van der Waals surface area contributed by atoms with Crippen molar-refractivity contribution in [3.63, 3.8) is 0 Å². The highest BCUT2D eigenvalue weighted by atomic mass is 32.2. The van der Waals surface area contributed by atoms with Gasteiger partial charge in [0.25, 0.3) is 0 Å². The van der Waals surface area contributed by atoms with Crippen LogP contribution in [0, 0.1) is 0 Å². The summed E-state index contributed by atoms with van der Waals surface area (Å²) < 4.78 is 0. The maximum atomic E-state index is 10.1. The van der Waals surface area contributed by atoms with E-state index in [2.05, 4.69) is 0 Å². The van der Waals surface area contributed by atoms with Crippen molar-refractivity contribution in [3.8, 4) is 0 Å². The van der Waals surface area contributed by atoms with Gasteiger partial charge < -0.3 is 15.9 Å². The van der Waals surface area contributed by atoms with E-state index in [0.29, 0.717) is 0 Å². The van der Waals surface area contributed by atoms with Crippen LogP contribution in [0.1, 0.15) is 13.8 Å². The number of hydrogen-bond donors (Lipinski definition) is 3. The summed E-state index contributed by atoms with van der Waals surface area (Å²) in [5.74, 6) is -2.06. The molecule has 0 spiro atoms. The third-order valence-corrected chi connectivity index (χ3v) is 1.89. The summed E-state index contributed by atoms with van der Waals surface area (Å²) >= 11 is 0.992. The molecule has 1 unspecified atom stereocenters. The first-order chi connectivity index (χ1) is 6.04. The molecule has 0 aliphatic carbocycles. The van der Waals surface area contributed by atoms with Gasteiger partial charge in [0, 0.05) is 5.75 Å². The predicted molar refractivity (Wildman–Crippen MR) is 51.9 cm³/mol. The quantitative estimate of drug-likeness (QED) is 0.599. The second-order valence-corrected chi connectivity index (χ2v) is 2.88. The summed E-state index contributed by atoms with van der Waals surface area (Å²) in [6.07, 6.45) is 0. The number of thioether (sulfide) groups is 1. The summed E-state index contributed by atoms with van der Waals surface area (Å²) in [7, 11) is 0. The van der Waals surface area contributed by atoms with Gasteiger partial charge >= 0.3 is 11.9 Å². The Balaban J connectivity index is 0. The molecule has 0 aromatic rings. The normalized spacial score (nSPS) is 11.0. The molecule has 5 nitrogen and oxygen atoms in total. The Kier molecular flexibility index (Phi) is 10.6. The molecule has 0 aliphatic rings. The van der Waals surface area contributed by atoms with Crippen LogP contribution in [0.3, 0.4) is 0 Å². The third-order valence-electron chi connectivity index (χ3n) is 0.840. The zero-order valence-corrected chi connectivity index (χ0v) is 8.50. The van der Waals surface area contributed by atoms with Crippen molar-refractivity contribution in [1.29, 1.82) is 0 Å². The number of carboxylic acids is 2. The van der Waals surface area contributed by atoms with Gasteiger partial charge in [0.05, 0.1) is 5.75 Å². The SMILES string of the molecule is CC.NC(CSCC(=O)O)C(=O)O. The summed E-state index contributed by atoms with van der Waals surface area (Å²) in [5, 5.41) is 16.4. The lowest BCUT2D eigenvalue weighted by molar-refractivity contribution is -0.138. The molecule has 0 aromatic heterocycles. The van der Waals surface area contributed by atoms with Crippen molar-refractivity contribution >= 4 is 23.7 Å². The molecule has 0 rings (SSSR count). The fraction of sp³-hybridized carbons (Fsp3) is 0.714. The maximum Gasteiger partial charge on any atom is 0.321 e. The average Bonchev–Trinajstić information content (AvgIpc) is 2.07. The molecule has 0 radical (unpaired) electrons. The van der Waals surface area contributed by atoms with Crippen LogP contribution in [0.25, 0.3) is 0 Å². The summed E-state index contributed by atoms with van der Waals surface area (Å²) in [6.45, 7) is 4.00. The van der Waals surface area contributed by atoms with E-state index in [-0.39, 0.29) is 11.5 Å². The predicted octanol–water partition coefficient (Wildman–Crippen LogP) is 0.242. The molecule has 0 heterocycles. The standard InChI is InChI=1S/C5H9NO4S.C2H6/c6-3(5(9)10)1-11-2-4(7)8;1-2/h3H,1-2,6H2,(H,7,8)(H,9,10);1-2H3. The Labute approximate surface area is 81.3 Å². The van der Waals surface area contributed by atoms with Gasteiger partial charge in [0.15, 0.2) is 0 Å². The van der Waals surface area contributed by atoms with E-state index in [1.54, 1.807) is 0 Å². The molecule has 0 saturated heterocycles. The first-order valence-electron chi connectivity index (χ1n) is 3.82. The van der Waals surface area contributed by atoms with Crippen LogP contribution in [0.4, 0.5) is 0 Å². The molecular formula is C7H15NO4S. The van der Waals surface area contributed by atoms with Crippen LogP contribution < -0.4 is 5.73 Å². The molecule has 0 aromatic carbocycles. The van der Waals surface area contributed by atoms with E-state index >= 15 is 0 Å².